The highest BCUT2D eigenvalue weighted by molar-refractivity contribution is 6.33. The van der Waals surface area contributed by atoms with Crippen molar-refractivity contribution in [2.24, 2.45) is 0 Å². The summed E-state index contributed by atoms with van der Waals surface area (Å²) in [4.78, 5) is 15.5. The van der Waals surface area contributed by atoms with E-state index < -0.39 is 0 Å². The zero-order chi connectivity index (χ0) is 11.7. The van der Waals surface area contributed by atoms with Crippen LogP contribution in [0.15, 0.2) is 36.8 Å². The predicted molar refractivity (Wildman–Crippen MR) is 66.8 cm³/mol. The molecule has 2 N–H and O–H groups in total. The van der Waals surface area contributed by atoms with Gasteiger partial charge in [0, 0.05) is 24.0 Å². The minimum absolute atomic E-state index is 0.497. The summed E-state index contributed by atoms with van der Waals surface area (Å²) in [7, 11) is 5.69. The number of rotatable bonds is 2. The molecular formula is C11H8BN5. The van der Waals surface area contributed by atoms with Gasteiger partial charge in [-0.15, -0.1) is 0 Å². The molecule has 0 saturated carbocycles. The van der Waals surface area contributed by atoms with E-state index in [4.69, 9.17) is 7.85 Å². The number of imidazole rings is 1. The molecule has 0 spiro atoms. The lowest BCUT2D eigenvalue weighted by Crippen LogP contribution is -2.02. The first kappa shape index (κ1) is 9.83. The Morgan fingerprint density at radius 2 is 2.18 bits per heavy atom. The normalized spacial score (nSPS) is 10.6. The average molecular weight is 221 g/mol. The van der Waals surface area contributed by atoms with Crippen LogP contribution in [0.5, 0.6) is 0 Å². The summed E-state index contributed by atoms with van der Waals surface area (Å²) in [6.45, 7) is 0. The number of anilines is 2. The molecule has 0 aliphatic heterocycles. The number of hydrogen-bond donors (Lipinski definition) is 2. The van der Waals surface area contributed by atoms with Crippen LogP contribution < -0.4 is 10.8 Å². The van der Waals surface area contributed by atoms with Crippen LogP contribution in [0.1, 0.15) is 0 Å². The van der Waals surface area contributed by atoms with E-state index in [0.29, 0.717) is 17.4 Å². The highest BCUT2D eigenvalue weighted by atomic mass is 15.2. The summed E-state index contributed by atoms with van der Waals surface area (Å²) in [6, 6.07) is 5.51. The molecule has 2 radical (unpaired) electrons. The number of aromatic nitrogens is 4. The van der Waals surface area contributed by atoms with Gasteiger partial charge < -0.3 is 4.98 Å². The summed E-state index contributed by atoms with van der Waals surface area (Å²) in [6.07, 6.45) is 5.11. The van der Waals surface area contributed by atoms with Crippen LogP contribution in [0.2, 0.25) is 0 Å². The molecule has 5 nitrogen and oxygen atoms in total. The smallest absolute Gasteiger partial charge is 0.230 e. The largest absolute Gasteiger partial charge is 0.331 e. The predicted octanol–water partition coefficient (Wildman–Crippen LogP) is 0.890. The van der Waals surface area contributed by atoms with Crippen molar-refractivity contribution >= 4 is 36.1 Å². The fraction of sp³-hybridized carbons (Fsp3) is 0. The Balaban J connectivity index is 1.99. The second-order valence-corrected chi connectivity index (χ2v) is 3.57. The Kier molecular flexibility index (Phi) is 2.25. The summed E-state index contributed by atoms with van der Waals surface area (Å²) in [5.74, 6) is 1.11. The standard InChI is InChI=1S/C11H8BN5/c12-8-1-2-9-7(5-8)6-15-11(16-9)17-10-13-3-4-14-10/h1-6H,(H2,13,14,15,16,17). The minimum atomic E-state index is 0.497. The van der Waals surface area contributed by atoms with Crippen molar-refractivity contribution in [2.75, 3.05) is 5.32 Å². The lowest BCUT2D eigenvalue weighted by Gasteiger charge is -2.03. The Morgan fingerprint density at radius 1 is 1.24 bits per heavy atom. The van der Waals surface area contributed by atoms with E-state index in [9.17, 15) is 0 Å². The molecule has 2 heterocycles. The zero-order valence-electron chi connectivity index (χ0n) is 8.88. The minimum Gasteiger partial charge on any atom is -0.331 e. The van der Waals surface area contributed by atoms with Crippen LogP contribution in [0.25, 0.3) is 10.9 Å². The van der Waals surface area contributed by atoms with Crippen molar-refractivity contribution in [3.8, 4) is 0 Å². The molecule has 0 atom stereocenters. The molecule has 0 unspecified atom stereocenters. The van der Waals surface area contributed by atoms with Gasteiger partial charge in [-0.1, -0.05) is 17.6 Å². The van der Waals surface area contributed by atoms with Crippen molar-refractivity contribution < 1.29 is 0 Å². The monoisotopic (exact) mass is 221 g/mol. The molecule has 6 heteroatoms. The van der Waals surface area contributed by atoms with Crippen LogP contribution in [0.4, 0.5) is 11.9 Å². The molecule has 0 aliphatic carbocycles. The Morgan fingerprint density at radius 3 is 3.00 bits per heavy atom. The SMILES string of the molecule is [B]c1ccc2nc(Nc3ncc[nH]3)ncc2c1. The van der Waals surface area contributed by atoms with Crippen LogP contribution in [-0.4, -0.2) is 27.8 Å². The maximum absolute atomic E-state index is 5.69. The van der Waals surface area contributed by atoms with Crippen molar-refractivity contribution in [1.82, 2.24) is 19.9 Å². The zero-order valence-corrected chi connectivity index (χ0v) is 8.88. The van der Waals surface area contributed by atoms with E-state index in [1.807, 2.05) is 18.2 Å². The maximum atomic E-state index is 5.69. The molecule has 0 fully saturated rings. The van der Waals surface area contributed by atoms with Gasteiger partial charge in [0.1, 0.15) is 7.85 Å². The van der Waals surface area contributed by atoms with Crippen molar-refractivity contribution in [2.45, 2.75) is 0 Å². The third-order valence-electron chi connectivity index (χ3n) is 2.33. The molecule has 0 saturated heterocycles. The molecule has 0 bridgehead atoms. The quantitative estimate of drug-likeness (QED) is 0.630. The summed E-state index contributed by atoms with van der Waals surface area (Å²) in [5, 5.41) is 3.88. The third-order valence-corrected chi connectivity index (χ3v) is 2.33. The Bertz CT molecular complexity index is 650. The maximum Gasteiger partial charge on any atom is 0.230 e. The third kappa shape index (κ3) is 1.97. The van der Waals surface area contributed by atoms with Gasteiger partial charge in [0.2, 0.25) is 11.9 Å². The molecule has 3 aromatic rings. The number of hydrogen-bond acceptors (Lipinski definition) is 4. The Labute approximate surface area is 98.7 Å². The van der Waals surface area contributed by atoms with Gasteiger partial charge in [0.25, 0.3) is 0 Å². The van der Waals surface area contributed by atoms with Crippen LogP contribution in [0, 0.1) is 0 Å². The van der Waals surface area contributed by atoms with E-state index in [1.54, 1.807) is 18.6 Å². The average Bonchev–Trinajstić information content (AvgIpc) is 2.82. The van der Waals surface area contributed by atoms with E-state index in [1.165, 1.54) is 0 Å². The van der Waals surface area contributed by atoms with Crippen LogP contribution >= 0.6 is 0 Å². The molecular weight excluding hydrogens is 213 g/mol. The summed E-state index contributed by atoms with van der Waals surface area (Å²) < 4.78 is 0. The van der Waals surface area contributed by atoms with Gasteiger partial charge in [0.05, 0.1) is 5.52 Å². The van der Waals surface area contributed by atoms with Crippen molar-refractivity contribution in [3.05, 3.63) is 36.8 Å². The summed E-state index contributed by atoms with van der Waals surface area (Å²) >= 11 is 0. The second kappa shape index (κ2) is 3.90. The van der Waals surface area contributed by atoms with Crippen molar-refractivity contribution in [3.63, 3.8) is 0 Å². The lowest BCUT2D eigenvalue weighted by molar-refractivity contribution is 1.17. The van der Waals surface area contributed by atoms with Gasteiger partial charge >= 0.3 is 0 Å². The van der Waals surface area contributed by atoms with Gasteiger partial charge in [-0.3, -0.25) is 5.32 Å². The van der Waals surface area contributed by atoms with Gasteiger partial charge in [-0.25, -0.2) is 15.0 Å². The van der Waals surface area contributed by atoms with E-state index in [0.717, 1.165) is 10.9 Å². The number of nitrogens with one attached hydrogen (secondary N) is 2. The van der Waals surface area contributed by atoms with E-state index in [-0.39, 0.29) is 0 Å². The fourth-order valence-electron chi connectivity index (χ4n) is 1.55. The van der Waals surface area contributed by atoms with E-state index in [2.05, 4.69) is 25.3 Å². The van der Waals surface area contributed by atoms with Crippen LogP contribution in [0.3, 0.4) is 0 Å². The van der Waals surface area contributed by atoms with Gasteiger partial charge in [0.15, 0.2) is 0 Å². The van der Waals surface area contributed by atoms with Gasteiger partial charge in [-0.05, 0) is 6.07 Å². The molecule has 80 valence electrons. The second-order valence-electron chi connectivity index (χ2n) is 3.57. The molecule has 17 heavy (non-hydrogen) atoms. The first-order valence-electron chi connectivity index (χ1n) is 5.10. The van der Waals surface area contributed by atoms with Gasteiger partial charge in [-0.2, -0.15) is 0 Å². The van der Waals surface area contributed by atoms with Crippen molar-refractivity contribution in [1.29, 1.82) is 0 Å². The Hall–Kier alpha value is -2.37. The number of fused-ring (bicyclic) bond motifs is 1. The molecule has 1 aromatic carbocycles. The topological polar surface area (TPSA) is 66.5 Å². The van der Waals surface area contributed by atoms with Crippen LogP contribution in [-0.2, 0) is 0 Å². The lowest BCUT2D eigenvalue weighted by atomic mass is 9.95. The fourth-order valence-corrected chi connectivity index (χ4v) is 1.55. The number of H-pyrrole nitrogens is 1. The molecule has 0 amide bonds. The van der Waals surface area contributed by atoms with E-state index >= 15 is 0 Å². The number of nitrogens with zero attached hydrogens (tertiary/aromatic N) is 3. The molecule has 3 rings (SSSR count). The first-order valence-corrected chi connectivity index (χ1v) is 5.10. The molecule has 0 aliphatic rings. The number of benzene rings is 1. The highest BCUT2D eigenvalue weighted by Crippen LogP contribution is 2.12. The number of aromatic amines is 1. The molecule has 2 aromatic heterocycles. The first-order chi connectivity index (χ1) is 8.31. The highest BCUT2D eigenvalue weighted by Gasteiger charge is 2.01. The summed E-state index contributed by atoms with van der Waals surface area (Å²) in [5.41, 5.74) is 1.54.